The highest BCUT2D eigenvalue weighted by molar-refractivity contribution is 5.85. The number of amides is 1. The number of rotatable bonds is 5. The van der Waals surface area contributed by atoms with Crippen molar-refractivity contribution in [3.05, 3.63) is 59.7 Å². The first kappa shape index (κ1) is 18.4. The van der Waals surface area contributed by atoms with Crippen LogP contribution in [0.1, 0.15) is 29.9 Å². The van der Waals surface area contributed by atoms with Gasteiger partial charge in [-0.3, -0.25) is 0 Å². The lowest BCUT2D eigenvalue weighted by molar-refractivity contribution is -0.154. The molecule has 5 nitrogen and oxygen atoms in total. The standard InChI is InChI=1S/C21H19F2NO4/c22-18(23)12-9-21(10-12,19(25)26)24-20(27)28-11-17-15-7-3-1-5-13(15)14-6-2-4-8-16(14)17/h1-8,12,17-18H,9-11H2,(H,24,27)(H,25,26). The van der Waals surface area contributed by atoms with Crippen LogP contribution in [0, 0.1) is 5.92 Å². The Balaban J connectivity index is 1.45. The number of ether oxygens (including phenoxy) is 1. The normalized spacial score (nSPS) is 22.9. The number of nitrogens with one attached hydrogen (secondary N) is 1. The lowest BCUT2D eigenvalue weighted by Crippen LogP contribution is -2.63. The van der Waals surface area contributed by atoms with Gasteiger partial charge in [-0.05, 0) is 35.1 Å². The van der Waals surface area contributed by atoms with Crippen molar-refractivity contribution in [3.8, 4) is 11.1 Å². The zero-order chi connectivity index (χ0) is 19.9. The van der Waals surface area contributed by atoms with Crippen molar-refractivity contribution in [1.29, 1.82) is 0 Å². The molecule has 2 aromatic rings. The first-order valence-electron chi connectivity index (χ1n) is 9.06. The van der Waals surface area contributed by atoms with Crippen LogP contribution >= 0.6 is 0 Å². The molecule has 146 valence electrons. The summed E-state index contributed by atoms with van der Waals surface area (Å²) in [6.07, 6.45) is -4.11. The van der Waals surface area contributed by atoms with E-state index in [0.29, 0.717) is 0 Å². The molecule has 4 rings (SSSR count). The van der Waals surface area contributed by atoms with Gasteiger partial charge in [0.1, 0.15) is 12.1 Å². The molecule has 0 spiro atoms. The van der Waals surface area contributed by atoms with Gasteiger partial charge in [-0.1, -0.05) is 48.5 Å². The van der Waals surface area contributed by atoms with Gasteiger partial charge >= 0.3 is 12.1 Å². The summed E-state index contributed by atoms with van der Waals surface area (Å²) in [7, 11) is 0. The number of carboxylic acids is 1. The molecule has 0 heterocycles. The smallest absolute Gasteiger partial charge is 0.408 e. The van der Waals surface area contributed by atoms with E-state index in [4.69, 9.17) is 4.74 Å². The molecule has 0 radical (unpaired) electrons. The molecule has 0 atom stereocenters. The minimum atomic E-state index is -2.60. The van der Waals surface area contributed by atoms with Crippen LogP contribution < -0.4 is 5.32 Å². The van der Waals surface area contributed by atoms with Crippen LogP contribution in [0.3, 0.4) is 0 Å². The third-order valence-electron chi connectivity index (χ3n) is 5.67. The fourth-order valence-corrected chi connectivity index (χ4v) is 4.17. The van der Waals surface area contributed by atoms with E-state index in [1.807, 2.05) is 48.5 Å². The summed E-state index contributed by atoms with van der Waals surface area (Å²) in [6.45, 7) is 0.0356. The fourth-order valence-electron chi connectivity index (χ4n) is 4.17. The molecule has 7 heteroatoms. The minimum Gasteiger partial charge on any atom is -0.480 e. The highest BCUT2D eigenvalue weighted by atomic mass is 19.3. The van der Waals surface area contributed by atoms with Crippen molar-refractivity contribution >= 4 is 12.1 Å². The lowest BCUT2D eigenvalue weighted by Gasteiger charge is -2.43. The predicted molar refractivity (Wildman–Crippen MR) is 97.3 cm³/mol. The highest BCUT2D eigenvalue weighted by Crippen LogP contribution is 2.45. The van der Waals surface area contributed by atoms with Crippen molar-refractivity contribution in [3.63, 3.8) is 0 Å². The number of carbonyl (C=O) groups is 2. The van der Waals surface area contributed by atoms with Crippen LogP contribution in [0.4, 0.5) is 13.6 Å². The number of fused-ring (bicyclic) bond motifs is 3. The molecule has 2 N–H and O–H groups in total. The van der Waals surface area contributed by atoms with Gasteiger partial charge in [-0.15, -0.1) is 0 Å². The molecule has 2 aliphatic carbocycles. The van der Waals surface area contributed by atoms with Crippen molar-refractivity contribution in [2.45, 2.75) is 30.7 Å². The van der Waals surface area contributed by atoms with Crippen LogP contribution in [0.2, 0.25) is 0 Å². The van der Waals surface area contributed by atoms with Gasteiger partial charge < -0.3 is 15.2 Å². The number of benzene rings is 2. The van der Waals surface area contributed by atoms with E-state index in [1.165, 1.54) is 0 Å². The Bertz CT molecular complexity index is 879. The van der Waals surface area contributed by atoms with Crippen molar-refractivity contribution in [2.24, 2.45) is 5.92 Å². The summed E-state index contributed by atoms with van der Waals surface area (Å²) in [5.41, 5.74) is 2.54. The second-order valence-electron chi connectivity index (χ2n) is 7.34. The highest BCUT2D eigenvalue weighted by Gasteiger charge is 2.55. The first-order valence-corrected chi connectivity index (χ1v) is 9.06. The molecule has 28 heavy (non-hydrogen) atoms. The Morgan fingerprint density at radius 2 is 1.61 bits per heavy atom. The molecule has 2 aliphatic rings. The van der Waals surface area contributed by atoms with Gasteiger partial charge in [-0.2, -0.15) is 0 Å². The van der Waals surface area contributed by atoms with E-state index in [2.05, 4.69) is 5.32 Å². The van der Waals surface area contributed by atoms with E-state index < -0.39 is 29.9 Å². The molecule has 0 bridgehead atoms. The number of halogens is 2. The summed E-state index contributed by atoms with van der Waals surface area (Å²) in [5.74, 6) is -2.50. The summed E-state index contributed by atoms with van der Waals surface area (Å²) >= 11 is 0. The van der Waals surface area contributed by atoms with Crippen LogP contribution in [0.5, 0.6) is 0 Å². The van der Waals surface area contributed by atoms with Crippen molar-refractivity contribution in [1.82, 2.24) is 5.32 Å². The van der Waals surface area contributed by atoms with Gasteiger partial charge in [0.2, 0.25) is 6.43 Å². The maximum atomic E-state index is 12.7. The SMILES string of the molecule is O=C(NC1(C(=O)O)CC(C(F)F)C1)OCC1c2ccccc2-c2ccccc21. The van der Waals surface area contributed by atoms with Crippen LogP contribution in [-0.2, 0) is 9.53 Å². The van der Waals surface area contributed by atoms with Gasteiger partial charge in [0.05, 0.1) is 0 Å². The second kappa shape index (κ2) is 6.89. The van der Waals surface area contributed by atoms with Crippen molar-refractivity contribution in [2.75, 3.05) is 6.61 Å². The zero-order valence-electron chi connectivity index (χ0n) is 14.9. The Labute approximate surface area is 160 Å². The minimum absolute atomic E-state index is 0.0356. The number of carboxylic acid groups (broad SMARTS) is 1. The number of hydrogen-bond donors (Lipinski definition) is 2. The Morgan fingerprint density at radius 1 is 1.07 bits per heavy atom. The Kier molecular flexibility index (Phi) is 4.53. The number of hydrogen-bond acceptors (Lipinski definition) is 3. The summed E-state index contributed by atoms with van der Waals surface area (Å²) in [4.78, 5) is 23.7. The van der Waals surface area contributed by atoms with Gasteiger partial charge in [0.25, 0.3) is 0 Å². The second-order valence-corrected chi connectivity index (χ2v) is 7.34. The summed E-state index contributed by atoms with van der Waals surface area (Å²) in [6, 6.07) is 15.7. The zero-order valence-corrected chi connectivity index (χ0v) is 14.9. The molecule has 0 aliphatic heterocycles. The van der Waals surface area contributed by atoms with Crippen LogP contribution in [0.25, 0.3) is 11.1 Å². The molecule has 1 amide bonds. The van der Waals surface area contributed by atoms with Crippen LogP contribution in [-0.4, -0.2) is 35.7 Å². The Morgan fingerprint density at radius 3 is 2.11 bits per heavy atom. The molecule has 2 aromatic carbocycles. The van der Waals surface area contributed by atoms with Crippen LogP contribution in [0.15, 0.2) is 48.5 Å². The average molecular weight is 387 g/mol. The number of alkyl halides is 2. The van der Waals surface area contributed by atoms with E-state index in [0.717, 1.165) is 22.3 Å². The quantitative estimate of drug-likeness (QED) is 0.813. The average Bonchev–Trinajstić information content (AvgIpc) is 2.96. The molecular weight excluding hydrogens is 368 g/mol. The van der Waals surface area contributed by atoms with E-state index >= 15 is 0 Å². The van der Waals surface area contributed by atoms with E-state index in [-0.39, 0.29) is 25.4 Å². The molecule has 1 fully saturated rings. The van der Waals surface area contributed by atoms with Crippen molar-refractivity contribution < 1.29 is 28.2 Å². The molecule has 0 saturated heterocycles. The maximum Gasteiger partial charge on any atom is 0.408 e. The molecule has 0 aromatic heterocycles. The number of aliphatic carboxylic acids is 1. The summed E-state index contributed by atoms with van der Waals surface area (Å²) in [5, 5.41) is 11.6. The number of alkyl carbamates (subject to hydrolysis) is 1. The fraction of sp³-hybridized carbons (Fsp3) is 0.333. The maximum absolute atomic E-state index is 12.7. The third kappa shape index (κ3) is 3.00. The first-order chi connectivity index (χ1) is 13.4. The third-order valence-corrected chi connectivity index (χ3v) is 5.67. The van der Waals surface area contributed by atoms with Gasteiger partial charge in [-0.25, -0.2) is 18.4 Å². The van der Waals surface area contributed by atoms with Gasteiger partial charge in [0, 0.05) is 11.8 Å². The monoisotopic (exact) mass is 387 g/mol. The van der Waals surface area contributed by atoms with E-state index in [9.17, 15) is 23.5 Å². The lowest BCUT2D eigenvalue weighted by atomic mass is 9.68. The largest absolute Gasteiger partial charge is 0.480 e. The molecule has 1 saturated carbocycles. The molecular formula is C21H19F2NO4. The molecule has 0 unspecified atom stereocenters. The predicted octanol–water partition coefficient (Wildman–Crippen LogP) is 4.02. The summed E-state index contributed by atoms with van der Waals surface area (Å²) < 4.78 is 30.8. The topological polar surface area (TPSA) is 75.6 Å². The van der Waals surface area contributed by atoms with Gasteiger partial charge in [0.15, 0.2) is 0 Å². The number of carbonyl (C=O) groups excluding carboxylic acids is 1. The van der Waals surface area contributed by atoms with E-state index in [1.54, 1.807) is 0 Å². The Hall–Kier alpha value is -2.96.